The predicted molar refractivity (Wildman–Crippen MR) is 136 cm³/mol. The molecule has 35 heavy (non-hydrogen) atoms. The molecule has 0 amide bonds. The monoisotopic (exact) mass is 469 g/mol. The molecule has 2 heterocycles. The van der Waals surface area contributed by atoms with E-state index in [9.17, 15) is 4.79 Å². The lowest BCUT2D eigenvalue weighted by molar-refractivity contribution is 0.101. The number of rotatable bonds is 7. The zero-order chi connectivity index (χ0) is 24.5. The molecule has 0 bridgehead atoms. The topological polar surface area (TPSA) is 58.9 Å². The third-order valence-electron chi connectivity index (χ3n) is 6.28. The van der Waals surface area contributed by atoms with Gasteiger partial charge in [0.25, 0.3) is 0 Å². The van der Waals surface area contributed by atoms with Crippen LogP contribution in [0.1, 0.15) is 34.0 Å². The molecule has 0 radical (unpaired) electrons. The van der Waals surface area contributed by atoms with Gasteiger partial charge in [0, 0.05) is 40.8 Å². The first-order valence-corrected chi connectivity index (χ1v) is 11.5. The SMILES string of the molecule is CCn1cc(/C=C2\Oc3cc(OCc4ccccc4OC)cc(C)c3C2=O)c2cc(OC)ccc21. The van der Waals surface area contributed by atoms with E-state index in [0.717, 1.165) is 45.6 Å². The number of ether oxygens (including phenoxy) is 4. The van der Waals surface area contributed by atoms with Gasteiger partial charge < -0.3 is 23.5 Å². The highest BCUT2D eigenvalue weighted by molar-refractivity contribution is 6.16. The molecule has 5 rings (SSSR count). The van der Waals surface area contributed by atoms with Gasteiger partial charge in [-0.05, 0) is 55.8 Å². The van der Waals surface area contributed by atoms with E-state index < -0.39 is 0 Å². The van der Waals surface area contributed by atoms with Gasteiger partial charge in [-0.3, -0.25) is 4.79 Å². The average Bonchev–Trinajstić information content (AvgIpc) is 3.39. The van der Waals surface area contributed by atoms with Crippen LogP contribution in [0.3, 0.4) is 0 Å². The van der Waals surface area contributed by atoms with Crippen LogP contribution in [0.15, 0.2) is 66.6 Å². The number of nitrogens with zero attached hydrogens (tertiary/aromatic N) is 1. The van der Waals surface area contributed by atoms with E-state index >= 15 is 0 Å². The van der Waals surface area contributed by atoms with Gasteiger partial charge in [-0.25, -0.2) is 0 Å². The third-order valence-corrected chi connectivity index (χ3v) is 6.28. The van der Waals surface area contributed by atoms with Gasteiger partial charge in [-0.15, -0.1) is 0 Å². The van der Waals surface area contributed by atoms with E-state index in [4.69, 9.17) is 18.9 Å². The van der Waals surface area contributed by atoms with Crippen LogP contribution in [0, 0.1) is 6.92 Å². The summed E-state index contributed by atoms with van der Waals surface area (Å²) >= 11 is 0. The van der Waals surface area contributed by atoms with Crippen LogP contribution in [-0.4, -0.2) is 24.6 Å². The van der Waals surface area contributed by atoms with Gasteiger partial charge in [0.2, 0.25) is 5.78 Å². The van der Waals surface area contributed by atoms with Crippen molar-refractivity contribution in [3.63, 3.8) is 0 Å². The number of methoxy groups -OCH3 is 2. The number of benzene rings is 3. The quantitative estimate of drug-likeness (QED) is 0.303. The molecule has 4 aromatic rings. The number of carbonyl (C=O) groups excluding carboxylic acids is 1. The van der Waals surface area contributed by atoms with Gasteiger partial charge in [0.1, 0.15) is 29.6 Å². The minimum Gasteiger partial charge on any atom is -0.497 e. The molecule has 178 valence electrons. The third kappa shape index (κ3) is 4.12. The lowest BCUT2D eigenvalue weighted by Gasteiger charge is -2.11. The molecule has 0 fully saturated rings. The van der Waals surface area contributed by atoms with Crippen molar-refractivity contribution in [3.05, 3.63) is 88.8 Å². The number of hydrogen-bond donors (Lipinski definition) is 0. The summed E-state index contributed by atoms with van der Waals surface area (Å²) in [6.45, 7) is 5.14. The normalized spacial score (nSPS) is 13.7. The smallest absolute Gasteiger partial charge is 0.232 e. The van der Waals surface area contributed by atoms with Crippen LogP contribution < -0.4 is 18.9 Å². The van der Waals surface area contributed by atoms with Crippen molar-refractivity contribution < 1.29 is 23.7 Å². The summed E-state index contributed by atoms with van der Waals surface area (Å²) < 4.78 is 25.0. The number of fused-ring (bicyclic) bond motifs is 2. The fourth-order valence-electron chi connectivity index (χ4n) is 4.49. The molecule has 6 nitrogen and oxygen atoms in total. The molecule has 0 atom stereocenters. The molecule has 0 N–H and O–H groups in total. The van der Waals surface area contributed by atoms with E-state index in [1.165, 1.54) is 0 Å². The standard InChI is InChI=1S/C29H27NO5/c1-5-30-16-20(23-14-21(32-3)10-11-24(23)30)13-27-29(31)28-18(2)12-22(15-26(28)35-27)34-17-19-8-6-7-9-25(19)33-4/h6-16H,5,17H2,1-4H3/b27-13-. The number of para-hydroxylation sites is 1. The van der Waals surface area contributed by atoms with E-state index in [2.05, 4.69) is 11.5 Å². The summed E-state index contributed by atoms with van der Waals surface area (Å²) in [6, 6.07) is 17.3. The van der Waals surface area contributed by atoms with E-state index in [-0.39, 0.29) is 5.78 Å². The maximum absolute atomic E-state index is 13.2. The van der Waals surface area contributed by atoms with Crippen LogP contribution in [0.4, 0.5) is 0 Å². The van der Waals surface area contributed by atoms with E-state index in [1.807, 2.05) is 67.7 Å². The molecule has 0 aliphatic carbocycles. The van der Waals surface area contributed by atoms with Crippen molar-refractivity contribution in [2.45, 2.75) is 27.0 Å². The highest BCUT2D eigenvalue weighted by atomic mass is 16.5. The van der Waals surface area contributed by atoms with Gasteiger partial charge in [-0.1, -0.05) is 18.2 Å². The molecule has 0 unspecified atom stereocenters. The number of Topliss-reactive ketones (excluding diaryl/α,β-unsaturated/α-hetero) is 1. The minimum atomic E-state index is -0.130. The van der Waals surface area contributed by atoms with Crippen LogP contribution in [0.2, 0.25) is 0 Å². The number of carbonyl (C=O) groups is 1. The van der Waals surface area contributed by atoms with Gasteiger partial charge >= 0.3 is 0 Å². The Bertz CT molecular complexity index is 1460. The molecule has 1 aliphatic rings. The Morgan fingerprint density at radius 1 is 1.00 bits per heavy atom. The van der Waals surface area contributed by atoms with Gasteiger partial charge in [-0.2, -0.15) is 0 Å². The molecule has 0 saturated heterocycles. The fraction of sp³-hybridized carbons (Fsp3) is 0.207. The summed E-state index contributed by atoms with van der Waals surface area (Å²) in [5.74, 6) is 2.84. The van der Waals surface area contributed by atoms with Crippen molar-refractivity contribution in [2.75, 3.05) is 14.2 Å². The Kier molecular flexibility index (Phi) is 5.95. The Morgan fingerprint density at radius 3 is 2.60 bits per heavy atom. The van der Waals surface area contributed by atoms with Crippen LogP contribution >= 0.6 is 0 Å². The highest BCUT2D eigenvalue weighted by Crippen LogP contribution is 2.39. The van der Waals surface area contributed by atoms with Crippen molar-refractivity contribution >= 4 is 22.8 Å². The maximum Gasteiger partial charge on any atom is 0.232 e. The molecular weight excluding hydrogens is 442 g/mol. The average molecular weight is 470 g/mol. The van der Waals surface area contributed by atoms with Crippen LogP contribution in [0.25, 0.3) is 17.0 Å². The minimum absolute atomic E-state index is 0.130. The summed E-state index contributed by atoms with van der Waals surface area (Å²) in [6.07, 6.45) is 3.84. The zero-order valence-electron chi connectivity index (χ0n) is 20.3. The zero-order valence-corrected chi connectivity index (χ0v) is 20.3. The van der Waals surface area contributed by atoms with E-state index in [1.54, 1.807) is 20.3 Å². The summed E-state index contributed by atoms with van der Waals surface area (Å²) in [5, 5.41) is 1.00. The Balaban J connectivity index is 1.45. The Hall–Kier alpha value is -4.19. The number of hydrogen-bond acceptors (Lipinski definition) is 5. The Labute approximate surface area is 204 Å². The second-order valence-electron chi connectivity index (χ2n) is 8.41. The highest BCUT2D eigenvalue weighted by Gasteiger charge is 2.30. The predicted octanol–water partition coefficient (Wildman–Crippen LogP) is 6.18. The number of aromatic nitrogens is 1. The first-order valence-electron chi connectivity index (χ1n) is 11.5. The second kappa shape index (κ2) is 9.22. The van der Waals surface area contributed by atoms with Crippen molar-refractivity contribution in [3.8, 4) is 23.0 Å². The van der Waals surface area contributed by atoms with Gasteiger partial charge in [0.05, 0.1) is 19.8 Å². The molecule has 1 aliphatic heterocycles. The molecule has 1 aromatic heterocycles. The van der Waals surface area contributed by atoms with E-state index in [0.29, 0.717) is 29.4 Å². The molecule has 0 saturated carbocycles. The number of ketones is 1. The first kappa shape index (κ1) is 22.6. The number of aryl methyl sites for hydroxylation is 2. The molecule has 3 aromatic carbocycles. The lowest BCUT2D eigenvalue weighted by atomic mass is 10.0. The van der Waals surface area contributed by atoms with Gasteiger partial charge in [0.15, 0.2) is 5.76 Å². The Morgan fingerprint density at radius 2 is 1.83 bits per heavy atom. The number of allylic oxidation sites excluding steroid dienone is 1. The van der Waals surface area contributed by atoms with Crippen LogP contribution in [-0.2, 0) is 13.2 Å². The largest absolute Gasteiger partial charge is 0.497 e. The van der Waals surface area contributed by atoms with Crippen molar-refractivity contribution in [1.82, 2.24) is 4.57 Å². The molecule has 6 heteroatoms. The summed E-state index contributed by atoms with van der Waals surface area (Å²) in [4.78, 5) is 13.2. The van der Waals surface area contributed by atoms with Crippen LogP contribution in [0.5, 0.6) is 23.0 Å². The first-order chi connectivity index (χ1) is 17.0. The van der Waals surface area contributed by atoms with Crippen molar-refractivity contribution in [2.24, 2.45) is 0 Å². The summed E-state index contributed by atoms with van der Waals surface area (Å²) in [5.41, 5.74) is 4.29. The van der Waals surface area contributed by atoms with Crippen molar-refractivity contribution in [1.29, 1.82) is 0 Å². The fourth-order valence-corrected chi connectivity index (χ4v) is 4.49. The lowest BCUT2D eigenvalue weighted by Crippen LogP contribution is -2.00. The summed E-state index contributed by atoms with van der Waals surface area (Å²) in [7, 11) is 3.28. The molecular formula is C29H27NO5. The second-order valence-corrected chi connectivity index (χ2v) is 8.41. The maximum atomic E-state index is 13.2. The molecule has 0 spiro atoms.